The second kappa shape index (κ2) is 9.09. The molecule has 0 heterocycles. The van der Waals surface area contributed by atoms with Crippen molar-refractivity contribution in [2.45, 2.75) is 25.9 Å². The van der Waals surface area contributed by atoms with Gasteiger partial charge in [0.2, 0.25) is 5.88 Å². The zero-order valence-electron chi connectivity index (χ0n) is 11.5. The van der Waals surface area contributed by atoms with E-state index in [2.05, 4.69) is 0 Å². The fourth-order valence-corrected chi connectivity index (χ4v) is 1.23. The molecule has 0 bridgehead atoms. The lowest BCUT2D eigenvalue weighted by atomic mass is 10.1. The number of rotatable bonds is 8. The van der Waals surface area contributed by atoms with E-state index in [1.54, 1.807) is 19.1 Å². The molecule has 6 nitrogen and oxygen atoms in total. The van der Waals surface area contributed by atoms with Crippen molar-refractivity contribution in [1.29, 1.82) is 0 Å². The average Bonchev–Trinajstić information content (AvgIpc) is 2.33. The molecule has 19 heavy (non-hydrogen) atoms. The quantitative estimate of drug-likeness (QED) is 0.220. The highest BCUT2D eigenvalue weighted by Crippen LogP contribution is 2.08. The second-order valence-electron chi connectivity index (χ2n) is 4.22. The lowest BCUT2D eigenvalue weighted by Crippen LogP contribution is -2.33. The molecule has 0 fully saturated rings. The third kappa shape index (κ3) is 9.78. The van der Waals surface area contributed by atoms with E-state index in [-0.39, 0.29) is 18.8 Å². The van der Waals surface area contributed by atoms with Crippen LogP contribution in [0.15, 0.2) is 35.6 Å². The van der Waals surface area contributed by atoms with Gasteiger partial charge in [0.1, 0.15) is 6.17 Å². The number of allylic oxidation sites excluding steroid dienone is 4. The SMILES string of the molecule is CO/C(N)=C/N(N)CC(F)CC/C(N)=C/C=C(/C)N. The topological polar surface area (TPSA) is 117 Å². The fourth-order valence-electron chi connectivity index (χ4n) is 1.23. The Kier molecular flexibility index (Phi) is 8.19. The molecule has 8 N–H and O–H groups in total. The number of halogens is 1. The van der Waals surface area contributed by atoms with Gasteiger partial charge in [-0.1, -0.05) is 0 Å². The summed E-state index contributed by atoms with van der Waals surface area (Å²) < 4.78 is 18.3. The van der Waals surface area contributed by atoms with Gasteiger partial charge in [-0.15, -0.1) is 0 Å². The Bertz CT molecular complexity index is 350. The van der Waals surface area contributed by atoms with Gasteiger partial charge in [0.15, 0.2) is 0 Å². The molecule has 0 aromatic rings. The molecule has 0 radical (unpaired) electrons. The maximum Gasteiger partial charge on any atom is 0.201 e. The number of ether oxygens (including phenoxy) is 1. The monoisotopic (exact) mass is 273 g/mol. The zero-order chi connectivity index (χ0) is 14.8. The largest absolute Gasteiger partial charge is 0.482 e. The predicted molar refractivity (Wildman–Crippen MR) is 74.5 cm³/mol. The number of hydrogen-bond acceptors (Lipinski definition) is 6. The highest BCUT2D eigenvalue weighted by atomic mass is 19.1. The number of nitrogens with zero attached hydrogens (tertiary/aromatic N) is 1. The standard InChI is InChI=1S/C12H24FN5O/c1-9(14)3-5-11(15)6-4-10(13)7-18(17)8-12(16)19-2/h3,5,8,10H,4,6-7,14-17H2,1-2H3/b9-3-,11-5-,12-8+. The van der Waals surface area contributed by atoms with Gasteiger partial charge in [0, 0.05) is 11.4 Å². The van der Waals surface area contributed by atoms with E-state index in [4.69, 9.17) is 27.8 Å². The first-order chi connectivity index (χ1) is 8.85. The third-order valence-corrected chi connectivity index (χ3v) is 2.24. The van der Waals surface area contributed by atoms with Crippen LogP contribution in [0.2, 0.25) is 0 Å². The van der Waals surface area contributed by atoms with Crippen molar-refractivity contribution in [1.82, 2.24) is 5.01 Å². The summed E-state index contributed by atoms with van der Waals surface area (Å²) in [5, 5.41) is 1.15. The minimum atomic E-state index is -1.11. The van der Waals surface area contributed by atoms with E-state index in [9.17, 15) is 4.39 Å². The third-order valence-electron chi connectivity index (χ3n) is 2.24. The summed E-state index contributed by atoms with van der Waals surface area (Å²) in [6.07, 6.45) is 4.27. The molecule has 0 rings (SSSR count). The Balaban J connectivity index is 4.09. The maximum atomic E-state index is 13.6. The van der Waals surface area contributed by atoms with E-state index in [1.165, 1.54) is 13.3 Å². The Hall–Kier alpha value is -1.89. The minimum absolute atomic E-state index is 0.0170. The first kappa shape index (κ1) is 17.1. The van der Waals surface area contributed by atoms with Crippen LogP contribution in [0.4, 0.5) is 4.39 Å². The number of hydrogen-bond donors (Lipinski definition) is 4. The van der Waals surface area contributed by atoms with Crippen LogP contribution in [0.25, 0.3) is 0 Å². The van der Waals surface area contributed by atoms with Crippen LogP contribution in [-0.2, 0) is 4.74 Å². The average molecular weight is 273 g/mol. The molecule has 1 atom stereocenters. The van der Waals surface area contributed by atoms with Gasteiger partial charge < -0.3 is 26.9 Å². The van der Waals surface area contributed by atoms with Crippen LogP contribution in [0.1, 0.15) is 19.8 Å². The van der Waals surface area contributed by atoms with E-state index < -0.39 is 6.17 Å². The smallest absolute Gasteiger partial charge is 0.201 e. The Morgan fingerprint density at radius 3 is 2.47 bits per heavy atom. The first-order valence-corrected chi connectivity index (χ1v) is 5.90. The van der Waals surface area contributed by atoms with Crippen molar-refractivity contribution in [2.24, 2.45) is 23.0 Å². The van der Waals surface area contributed by atoms with E-state index in [0.29, 0.717) is 17.8 Å². The van der Waals surface area contributed by atoms with Crippen molar-refractivity contribution < 1.29 is 9.13 Å². The molecule has 0 aliphatic heterocycles. The Labute approximate surface area is 113 Å². The van der Waals surface area contributed by atoms with Gasteiger partial charge in [-0.3, -0.25) is 0 Å². The van der Waals surface area contributed by atoms with Crippen molar-refractivity contribution in [3.8, 4) is 0 Å². The van der Waals surface area contributed by atoms with Crippen molar-refractivity contribution >= 4 is 0 Å². The highest BCUT2D eigenvalue weighted by Gasteiger charge is 2.09. The summed E-state index contributed by atoms with van der Waals surface area (Å²) >= 11 is 0. The predicted octanol–water partition coefficient (Wildman–Crippen LogP) is 0.390. The lowest BCUT2D eigenvalue weighted by Gasteiger charge is -2.17. The summed E-state index contributed by atoms with van der Waals surface area (Å²) in [4.78, 5) is 0. The summed E-state index contributed by atoms with van der Waals surface area (Å²) in [6.45, 7) is 1.77. The number of hydrazine groups is 1. The van der Waals surface area contributed by atoms with Gasteiger partial charge in [-0.25, -0.2) is 10.2 Å². The molecule has 110 valence electrons. The summed E-state index contributed by atoms with van der Waals surface area (Å²) in [7, 11) is 1.41. The van der Waals surface area contributed by atoms with E-state index in [0.717, 1.165) is 5.01 Å². The van der Waals surface area contributed by atoms with Gasteiger partial charge in [-0.2, -0.15) is 0 Å². The number of alkyl halides is 1. The summed E-state index contributed by atoms with van der Waals surface area (Å²) in [6, 6.07) is 0. The summed E-state index contributed by atoms with van der Waals surface area (Å²) in [5.41, 5.74) is 17.8. The van der Waals surface area contributed by atoms with Crippen LogP contribution in [0.3, 0.4) is 0 Å². The molecule has 7 heteroatoms. The van der Waals surface area contributed by atoms with E-state index >= 15 is 0 Å². The Morgan fingerprint density at radius 1 is 1.32 bits per heavy atom. The molecular weight excluding hydrogens is 249 g/mol. The molecule has 0 amide bonds. The minimum Gasteiger partial charge on any atom is -0.482 e. The van der Waals surface area contributed by atoms with Gasteiger partial charge in [-0.05, 0) is 31.9 Å². The normalized spacial score (nSPS) is 15.3. The Morgan fingerprint density at radius 2 is 1.95 bits per heavy atom. The van der Waals surface area contributed by atoms with Gasteiger partial charge in [0.25, 0.3) is 0 Å². The fraction of sp³-hybridized carbons (Fsp3) is 0.500. The highest BCUT2D eigenvalue weighted by molar-refractivity contribution is 5.12. The second-order valence-corrected chi connectivity index (χ2v) is 4.22. The molecular formula is C12H24FN5O. The van der Waals surface area contributed by atoms with Crippen molar-refractivity contribution in [3.63, 3.8) is 0 Å². The molecule has 0 aliphatic rings. The molecule has 0 saturated carbocycles. The van der Waals surface area contributed by atoms with E-state index in [1.807, 2.05) is 0 Å². The van der Waals surface area contributed by atoms with Crippen LogP contribution in [-0.4, -0.2) is 24.8 Å². The molecule has 0 aromatic heterocycles. The first-order valence-electron chi connectivity index (χ1n) is 5.90. The van der Waals surface area contributed by atoms with Crippen LogP contribution < -0.4 is 23.0 Å². The number of methoxy groups -OCH3 is 1. The van der Waals surface area contributed by atoms with Crippen molar-refractivity contribution in [2.75, 3.05) is 13.7 Å². The number of nitrogens with two attached hydrogens (primary N) is 4. The summed E-state index contributed by atoms with van der Waals surface area (Å²) in [5.74, 6) is 5.66. The van der Waals surface area contributed by atoms with Crippen LogP contribution >= 0.6 is 0 Å². The molecule has 0 saturated heterocycles. The molecule has 1 unspecified atom stereocenters. The molecule has 0 aliphatic carbocycles. The lowest BCUT2D eigenvalue weighted by molar-refractivity contribution is 0.216. The maximum absolute atomic E-state index is 13.6. The van der Waals surface area contributed by atoms with Gasteiger partial charge in [0.05, 0.1) is 19.9 Å². The zero-order valence-corrected chi connectivity index (χ0v) is 11.5. The van der Waals surface area contributed by atoms with Crippen molar-refractivity contribution in [3.05, 3.63) is 35.6 Å². The van der Waals surface area contributed by atoms with Crippen LogP contribution in [0, 0.1) is 0 Å². The molecule has 0 aromatic carbocycles. The van der Waals surface area contributed by atoms with Gasteiger partial charge >= 0.3 is 0 Å². The van der Waals surface area contributed by atoms with Crippen LogP contribution in [0.5, 0.6) is 0 Å². The molecule has 0 spiro atoms.